The van der Waals surface area contributed by atoms with Crippen molar-refractivity contribution < 1.29 is 24.2 Å². The summed E-state index contributed by atoms with van der Waals surface area (Å²) in [6.07, 6.45) is -0.781. The summed E-state index contributed by atoms with van der Waals surface area (Å²) in [5.41, 5.74) is 5.28. The summed E-state index contributed by atoms with van der Waals surface area (Å²) in [6, 6.07) is 22.2. The fourth-order valence-corrected chi connectivity index (χ4v) is 4.38. The molecule has 0 radical (unpaired) electrons. The molecule has 0 spiro atoms. The van der Waals surface area contributed by atoms with Crippen LogP contribution in [0.2, 0.25) is 0 Å². The summed E-state index contributed by atoms with van der Waals surface area (Å²) < 4.78 is 5.57. The number of benzene rings is 3. The van der Waals surface area contributed by atoms with Crippen molar-refractivity contribution in [1.29, 1.82) is 0 Å². The maximum absolute atomic E-state index is 12.7. The minimum absolute atomic E-state index is 0.0443. The molecule has 0 saturated heterocycles. The number of carbonyl (C=O) groups excluding carboxylic acids is 2. The minimum atomic E-state index is -0.977. The first-order valence-corrected chi connectivity index (χ1v) is 11.6. The Hall–Kier alpha value is -4.13. The number of hydrogen-bond acceptors (Lipinski definition) is 4. The van der Waals surface area contributed by atoms with Crippen molar-refractivity contribution in [3.63, 3.8) is 0 Å². The summed E-state index contributed by atoms with van der Waals surface area (Å²) >= 11 is 0. The molecular formula is C28H28N2O5. The molecule has 3 N–H and O–H groups in total. The van der Waals surface area contributed by atoms with E-state index in [0.29, 0.717) is 11.3 Å². The first kappa shape index (κ1) is 24.0. The van der Waals surface area contributed by atoms with Gasteiger partial charge in [-0.25, -0.2) is 4.79 Å². The maximum Gasteiger partial charge on any atom is 0.411 e. The lowest BCUT2D eigenvalue weighted by atomic mass is 9.98. The molecule has 0 aromatic heterocycles. The minimum Gasteiger partial charge on any atom is -0.481 e. The van der Waals surface area contributed by atoms with E-state index in [2.05, 4.69) is 34.9 Å². The van der Waals surface area contributed by atoms with Gasteiger partial charge in [-0.05, 0) is 46.4 Å². The Morgan fingerprint density at radius 3 is 2.14 bits per heavy atom. The highest BCUT2D eigenvalue weighted by Crippen LogP contribution is 2.44. The number of fused-ring (bicyclic) bond motifs is 3. The lowest BCUT2D eigenvalue weighted by Gasteiger charge is -2.20. The average Bonchev–Trinajstić information content (AvgIpc) is 3.16. The third kappa shape index (κ3) is 5.51. The van der Waals surface area contributed by atoms with Crippen LogP contribution in [0.3, 0.4) is 0 Å². The van der Waals surface area contributed by atoms with Crippen LogP contribution in [-0.4, -0.2) is 35.7 Å². The highest BCUT2D eigenvalue weighted by Gasteiger charge is 2.29. The zero-order valence-electron chi connectivity index (χ0n) is 19.7. The summed E-state index contributed by atoms with van der Waals surface area (Å²) in [6.45, 7) is 3.89. The third-order valence-electron chi connectivity index (χ3n) is 6.23. The van der Waals surface area contributed by atoms with Crippen molar-refractivity contribution in [2.75, 3.05) is 11.9 Å². The Balaban J connectivity index is 1.39. The van der Waals surface area contributed by atoms with Crippen LogP contribution in [0.5, 0.6) is 0 Å². The van der Waals surface area contributed by atoms with Gasteiger partial charge in [-0.1, -0.05) is 68.4 Å². The molecular weight excluding hydrogens is 444 g/mol. The first-order chi connectivity index (χ1) is 16.8. The molecule has 1 atom stereocenters. The predicted octanol–water partition coefficient (Wildman–Crippen LogP) is 5.28. The van der Waals surface area contributed by atoms with Crippen molar-refractivity contribution in [1.82, 2.24) is 5.32 Å². The fraction of sp³-hybridized carbons (Fsp3) is 0.250. The van der Waals surface area contributed by atoms with Crippen molar-refractivity contribution in [2.45, 2.75) is 32.2 Å². The van der Waals surface area contributed by atoms with Crippen molar-refractivity contribution in [3.8, 4) is 11.1 Å². The lowest BCUT2D eigenvalue weighted by molar-refractivity contribution is -0.137. The van der Waals surface area contributed by atoms with Gasteiger partial charge in [0.1, 0.15) is 6.61 Å². The molecule has 0 fully saturated rings. The summed E-state index contributed by atoms with van der Waals surface area (Å²) in [7, 11) is 0. The molecule has 1 aliphatic carbocycles. The molecule has 180 valence electrons. The van der Waals surface area contributed by atoms with Crippen molar-refractivity contribution in [3.05, 3.63) is 89.5 Å². The summed E-state index contributed by atoms with van der Waals surface area (Å²) in [5.74, 6) is -1.47. The van der Waals surface area contributed by atoms with Gasteiger partial charge < -0.3 is 15.2 Å². The molecule has 4 rings (SSSR count). The quantitative estimate of drug-likeness (QED) is 0.414. The number of carboxylic acid groups (broad SMARTS) is 1. The van der Waals surface area contributed by atoms with Crippen LogP contribution in [0.25, 0.3) is 11.1 Å². The van der Waals surface area contributed by atoms with Crippen LogP contribution in [0.1, 0.15) is 47.7 Å². The third-order valence-corrected chi connectivity index (χ3v) is 6.23. The normalized spacial score (nSPS) is 13.0. The second kappa shape index (κ2) is 10.4. The molecule has 0 aliphatic heterocycles. The highest BCUT2D eigenvalue weighted by atomic mass is 16.5. The molecule has 0 bridgehead atoms. The van der Waals surface area contributed by atoms with E-state index >= 15 is 0 Å². The van der Waals surface area contributed by atoms with Crippen LogP contribution in [0, 0.1) is 5.92 Å². The largest absolute Gasteiger partial charge is 0.481 e. The van der Waals surface area contributed by atoms with E-state index in [1.807, 2.05) is 38.1 Å². The van der Waals surface area contributed by atoms with E-state index in [1.165, 1.54) is 6.07 Å². The van der Waals surface area contributed by atoms with E-state index in [9.17, 15) is 14.4 Å². The number of rotatable bonds is 8. The Labute approximate surface area is 204 Å². The number of carboxylic acids is 1. The second-order valence-corrected chi connectivity index (χ2v) is 8.95. The number of anilines is 1. The van der Waals surface area contributed by atoms with E-state index in [-0.39, 0.29) is 24.9 Å². The van der Waals surface area contributed by atoms with Gasteiger partial charge in [-0.2, -0.15) is 0 Å². The molecule has 2 amide bonds. The molecule has 1 aliphatic rings. The molecule has 0 heterocycles. The Morgan fingerprint density at radius 2 is 1.54 bits per heavy atom. The van der Waals surface area contributed by atoms with Crippen molar-refractivity contribution >= 4 is 23.7 Å². The maximum atomic E-state index is 12.7. The Bertz CT molecular complexity index is 1210. The van der Waals surface area contributed by atoms with E-state index < -0.39 is 24.0 Å². The SMILES string of the molecule is CC(C)C(CC(=O)O)NC(=O)c1cccc(NC(=O)OCC2c3ccccc3-c3ccccc32)c1. The van der Waals surface area contributed by atoms with E-state index in [4.69, 9.17) is 9.84 Å². The topological polar surface area (TPSA) is 105 Å². The zero-order chi connectivity index (χ0) is 24.9. The molecule has 3 aromatic carbocycles. The number of ether oxygens (including phenoxy) is 1. The highest BCUT2D eigenvalue weighted by molar-refractivity contribution is 5.96. The van der Waals surface area contributed by atoms with Gasteiger partial charge in [-0.3, -0.25) is 14.9 Å². The number of carbonyl (C=O) groups is 3. The average molecular weight is 473 g/mol. The molecule has 35 heavy (non-hydrogen) atoms. The second-order valence-electron chi connectivity index (χ2n) is 8.95. The van der Waals surface area contributed by atoms with Crippen LogP contribution in [0.4, 0.5) is 10.5 Å². The Morgan fingerprint density at radius 1 is 0.914 bits per heavy atom. The van der Waals surface area contributed by atoms with Crippen molar-refractivity contribution in [2.24, 2.45) is 5.92 Å². The standard InChI is InChI=1S/C28H28N2O5/c1-17(2)25(15-26(31)32)30-27(33)18-8-7-9-19(14-18)29-28(34)35-16-24-22-12-5-3-10-20(22)21-11-4-6-13-23(21)24/h3-14,17,24-25H,15-16H2,1-2H3,(H,29,34)(H,30,33)(H,31,32). The smallest absolute Gasteiger partial charge is 0.411 e. The fourth-order valence-electron chi connectivity index (χ4n) is 4.38. The summed E-state index contributed by atoms with van der Waals surface area (Å²) in [5, 5.41) is 14.5. The molecule has 1 unspecified atom stereocenters. The molecule has 0 saturated carbocycles. The molecule has 3 aromatic rings. The van der Waals surface area contributed by atoms with E-state index in [1.54, 1.807) is 18.2 Å². The molecule has 7 nitrogen and oxygen atoms in total. The van der Waals surface area contributed by atoms with Gasteiger partial charge >= 0.3 is 12.1 Å². The van der Waals surface area contributed by atoms with Gasteiger partial charge in [-0.15, -0.1) is 0 Å². The van der Waals surface area contributed by atoms with Crippen LogP contribution in [0.15, 0.2) is 72.8 Å². The van der Waals surface area contributed by atoms with Crippen LogP contribution < -0.4 is 10.6 Å². The first-order valence-electron chi connectivity index (χ1n) is 11.6. The predicted molar refractivity (Wildman–Crippen MR) is 133 cm³/mol. The number of aliphatic carboxylic acids is 1. The number of hydrogen-bond donors (Lipinski definition) is 3. The van der Waals surface area contributed by atoms with Gasteiger partial charge in [0.25, 0.3) is 5.91 Å². The van der Waals surface area contributed by atoms with Gasteiger partial charge in [0.2, 0.25) is 0 Å². The number of amides is 2. The van der Waals surface area contributed by atoms with E-state index in [0.717, 1.165) is 22.3 Å². The molecule has 7 heteroatoms. The number of nitrogens with one attached hydrogen (secondary N) is 2. The van der Waals surface area contributed by atoms with Crippen LogP contribution >= 0.6 is 0 Å². The monoisotopic (exact) mass is 472 g/mol. The van der Waals surface area contributed by atoms with Crippen LogP contribution in [-0.2, 0) is 9.53 Å². The Kier molecular flexibility index (Phi) is 7.15. The van der Waals surface area contributed by atoms with Gasteiger partial charge in [0, 0.05) is 23.2 Å². The van der Waals surface area contributed by atoms with Gasteiger partial charge in [0.05, 0.1) is 6.42 Å². The summed E-state index contributed by atoms with van der Waals surface area (Å²) in [4.78, 5) is 36.3. The zero-order valence-corrected chi connectivity index (χ0v) is 19.7. The van der Waals surface area contributed by atoms with Gasteiger partial charge in [0.15, 0.2) is 0 Å². The lowest BCUT2D eigenvalue weighted by Crippen LogP contribution is -2.40.